The number of carbonyl (C=O) groups is 2. The number of pyridine rings is 1. The van der Waals surface area contributed by atoms with Gasteiger partial charge in [0.2, 0.25) is 5.91 Å². The van der Waals surface area contributed by atoms with Crippen molar-refractivity contribution in [3.05, 3.63) is 41.8 Å². The van der Waals surface area contributed by atoms with Crippen molar-refractivity contribution in [3.63, 3.8) is 0 Å². The van der Waals surface area contributed by atoms with Crippen molar-refractivity contribution in [3.8, 4) is 0 Å². The molecule has 1 atom stereocenters. The van der Waals surface area contributed by atoms with Crippen LogP contribution >= 0.6 is 0 Å². The zero-order valence-corrected chi connectivity index (χ0v) is 22.6. The number of anilines is 2. The molecule has 4 saturated heterocycles. The molecule has 1 aromatic heterocycles. The number of nitrogens with one attached hydrogen (secondary N) is 1. The van der Waals surface area contributed by atoms with Crippen LogP contribution < -0.4 is 15.1 Å². The second-order valence-corrected chi connectivity index (χ2v) is 11.6. The molecule has 0 radical (unpaired) electrons. The van der Waals surface area contributed by atoms with Crippen LogP contribution in [-0.4, -0.2) is 89.8 Å². The summed E-state index contributed by atoms with van der Waals surface area (Å²) >= 11 is 0. The maximum atomic E-state index is 14.3. The highest BCUT2D eigenvalue weighted by molar-refractivity contribution is 5.87. The molecule has 11 heteroatoms. The Bertz CT molecular complexity index is 1220. The minimum absolute atomic E-state index is 0.0402. The number of piperazine rings is 1. The van der Waals surface area contributed by atoms with Crippen LogP contribution in [0.25, 0.3) is 0 Å². The van der Waals surface area contributed by atoms with Gasteiger partial charge in [-0.1, -0.05) is 12.7 Å². The number of piperidine rings is 1. The number of halogens is 2. The fourth-order valence-electron chi connectivity index (χ4n) is 6.90. The molecule has 9 nitrogen and oxygen atoms in total. The number of alkyl halides is 2. The van der Waals surface area contributed by atoms with Gasteiger partial charge in [0.1, 0.15) is 17.1 Å². The molecule has 4 fully saturated rings. The molecule has 6 rings (SSSR count). The Morgan fingerprint density at radius 1 is 1.21 bits per heavy atom. The molecule has 39 heavy (non-hydrogen) atoms. The minimum Gasteiger partial charge on any atom is -0.440 e. The van der Waals surface area contributed by atoms with Crippen molar-refractivity contribution in [2.24, 2.45) is 0 Å². The quantitative estimate of drug-likeness (QED) is 0.586. The Kier molecular flexibility index (Phi) is 6.32. The van der Waals surface area contributed by atoms with Crippen molar-refractivity contribution in [2.45, 2.75) is 63.1 Å². The van der Waals surface area contributed by atoms with Crippen molar-refractivity contribution in [1.82, 2.24) is 20.1 Å². The largest absolute Gasteiger partial charge is 0.440 e. The third kappa shape index (κ3) is 4.25. The lowest BCUT2D eigenvalue weighted by Gasteiger charge is -2.51. The second-order valence-electron chi connectivity index (χ2n) is 11.6. The number of amides is 2. The van der Waals surface area contributed by atoms with E-state index in [2.05, 4.69) is 32.8 Å². The van der Waals surface area contributed by atoms with Crippen LogP contribution in [0.1, 0.15) is 50.8 Å². The number of fused-ring (bicyclic) bond motifs is 3. The average Bonchev–Trinajstić information content (AvgIpc) is 3.02. The maximum Gasteiger partial charge on any atom is 0.408 e. The Labute approximate surface area is 227 Å². The number of ether oxygens (including phenoxy) is 1. The van der Waals surface area contributed by atoms with Gasteiger partial charge >= 0.3 is 6.09 Å². The molecule has 2 amide bonds. The summed E-state index contributed by atoms with van der Waals surface area (Å²) in [5.41, 5.74) is 1.36. The third-order valence-corrected chi connectivity index (χ3v) is 9.35. The predicted molar refractivity (Wildman–Crippen MR) is 143 cm³/mol. The van der Waals surface area contributed by atoms with Gasteiger partial charge in [0.15, 0.2) is 0 Å². The van der Waals surface area contributed by atoms with Gasteiger partial charge in [-0.25, -0.2) is 18.6 Å². The molecule has 1 unspecified atom stereocenters. The van der Waals surface area contributed by atoms with Crippen LogP contribution in [0, 0.1) is 0 Å². The first-order chi connectivity index (χ1) is 18.6. The molecule has 210 valence electrons. The molecule has 0 bridgehead atoms. The maximum absolute atomic E-state index is 14.3. The first-order valence-electron chi connectivity index (χ1n) is 13.8. The number of aromatic nitrogens is 1. The first kappa shape index (κ1) is 26.0. The van der Waals surface area contributed by atoms with Gasteiger partial charge < -0.3 is 24.8 Å². The van der Waals surface area contributed by atoms with E-state index in [4.69, 9.17) is 4.74 Å². The summed E-state index contributed by atoms with van der Waals surface area (Å²) in [5, 5.41) is 2.91. The monoisotopic (exact) mass is 542 g/mol. The number of rotatable bonds is 4. The molecule has 0 saturated carbocycles. The van der Waals surface area contributed by atoms with E-state index in [-0.39, 0.29) is 17.6 Å². The van der Waals surface area contributed by atoms with Gasteiger partial charge in [0.25, 0.3) is 6.43 Å². The summed E-state index contributed by atoms with van der Waals surface area (Å²) in [6.07, 6.45) is 2.87. The predicted octanol–water partition coefficient (Wildman–Crippen LogP) is 3.23. The van der Waals surface area contributed by atoms with E-state index in [0.29, 0.717) is 63.2 Å². The molecule has 5 aliphatic rings. The van der Waals surface area contributed by atoms with Gasteiger partial charge in [0, 0.05) is 81.7 Å². The summed E-state index contributed by atoms with van der Waals surface area (Å²) in [6, 6.07) is 2.18. The highest BCUT2D eigenvalue weighted by Gasteiger charge is 2.56. The average molecular weight is 543 g/mol. The SMILES string of the molecule is C=CC(=O)N1CCN(C2CN3C2=CCCc2c3cc(N3CCC4(CC3)OC(=O)NC4(C)C)nc2C(F)F)CC1. The zero-order valence-electron chi connectivity index (χ0n) is 22.6. The van der Waals surface area contributed by atoms with E-state index in [1.54, 1.807) is 0 Å². The van der Waals surface area contributed by atoms with E-state index < -0.39 is 23.7 Å². The van der Waals surface area contributed by atoms with E-state index >= 15 is 0 Å². The number of hydrogen-bond donors (Lipinski definition) is 1. The lowest BCUT2D eigenvalue weighted by Crippen LogP contribution is -2.62. The molecular weight excluding hydrogens is 506 g/mol. The van der Waals surface area contributed by atoms with Crippen LogP contribution in [0.3, 0.4) is 0 Å². The van der Waals surface area contributed by atoms with Gasteiger partial charge in [-0.05, 0) is 32.8 Å². The fraction of sp³-hybridized carbons (Fsp3) is 0.607. The molecule has 0 aromatic carbocycles. The topological polar surface area (TPSA) is 81.2 Å². The van der Waals surface area contributed by atoms with Gasteiger partial charge in [-0.2, -0.15) is 0 Å². The highest BCUT2D eigenvalue weighted by Crippen LogP contribution is 2.45. The van der Waals surface area contributed by atoms with Crippen LogP contribution in [0.5, 0.6) is 0 Å². The Hall–Kier alpha value is -3.21. The zero-order chi connectivity index (χ0) is 27.5. The van der Waals surface area contributed by atoms with Crippen molar-refractivity contribution in [1.29, 1.82) is 0 Å². The molecular formula is C28H36F2N6O3. The Morgan fingerprint density at radius 2 is 1.92 bits per heavy atom. The Morgan fingerprint density at radius 3 is 2.54 bits per heavy atom. The summed E-state index contributed by atoms with van der Waals surface area (Å²) in [5.74, 6) is 0.511. The number of alkyl carbamates (subject to hydrolysis) is 1. The van der Waals surface area contributed by atoms with Crippen LogP contribution in [-0.2, 0) is 16.0 Å². The summed E-state index contributed by atoms with van der Waals surface area (Å²) < 4.78 is 34.4. The second kappa shape index (κ2) is 9.46. The molecule has 6 heterocycles. The van der Waals surface area contributed by atoms with E-state index in [1.807, 2.05) is 29.7 Å². The normalized spacial score (nSPS) is 25.8. The number of nitrogens with zero attached hydrogens (tertiary/aromatic N) is 5. The standard InChI is InChI=1S/C28H36F2N6O3/c1-4-23(37)35-14-12-33(13-15-35)21-17-36-19(21)7-5-6-18-20(36)16-22(31-24(18)25(29)30)34-10-8-28(9-11-34)27(2,3)32-26(38)39-28/h4,7,16,21,25H,1,5-6,8-15,17H2,2-3H3,(H,32,38). The lowest BCUT2D eigenvalue weighted by molar-refractivity contribution is -0.128. The van der Waals surface area contributed by atoms with Gasteiger partial charge in [0.05, 0.1) is 11.6 Å². The molecule has 1 spiro atoms. The highest BCUT2D eigenvalue weighted by atomic mass is 19.3. The smallest absolute Gasteiger partial charge is 0.408 e. The molecule has 0 aliphatic carbocycles. The minimum atomic E-state index is -2.66. The lowest BCUT2D eigenvalue weighted by atomic mass is 9.76. The number of hydrogen-bond acceptors (Lipinski definition) is 7. The summed E-state index contributed by atoms with van der Waals surface area (Å²) in [7, 11) is 0. The molecule has 5 aliphatic heterocycles. The van der Waals surface area contributed by atoms with Crippen LogP contribution in [0.4, 0.5) is 25.1 Å². The number of allylic oxidation sites excluding steroid dienone is 1. The summed E-state index contributed by atoms with van der Waals surface area (Å²) in [4.78, 5) is 36.9. The van der Waals surface area contributed by atoms with Gasteiger partial charge in [-0.15, -0.1) is 0 Å². The molecule has 1 N–H and O–H groups in total. The van der Waals surface area contributed by atoms with Crippen molar-refractivity contribution < 1.29 is 23.1 Å². The number of carbonyl (C=O) groups excluding carboxylic acids is 2. The summed E-state index contributed by atoms with van der Waals surface area (Å²) in [6.45, 7) is 12.2. The van der Waals surface area contributed by atoms with Crippen LogP contribution in [0.2, 0.25) is 0 Å². The Balaban J connectivity index is 1.22. The van der Waals surface area contributed by atoms with E-state index in [9.17, 15) is 18.4 Å². The van der Waals surface area contributed by atoms with E-state index in [1.165, 1.54) is 6.08 Å². The third-order valence-electron chi connectivity index (χ3n) is 9.35. The van der Waals surface area contributed by atoms with Crippen molar-refractivity contribution >= 4 is 23.5 Å². The van der Waals surface area contributed by atoms with Crippen LogP contribution in [0.15, 0.2) is 30.5 Å². The fourth-order valence-corrected chi connectivity index (χ4v) is 6.90. The molecule has 1 aromatic rings. The van der Waals surface area contributed by atoms with E-state index in [0.717, 1.165) is 31.0 Å². The van der Waals surface area contributed by atoms with Gasteiger partial charge in [-0.3, -0.25) is 9.69 Å². The van der Waals surface area contributed by atoms with Crippen molar-refractivity contribution in [2.75, 3.05) is 55.6 Å². The first-order valence-corrected chi connectivity index (χ1v) is 13.8.